The largest absolute Gasteiger partial charge is 0.439 e. The van der Waals surface area contributed by atoms with Gasteiger partial charge in [0.15, 0.2) is 5.69 Å². The maximum atomic E-state index is 5.71. The molecule has 4 heterocycles. The number of ether oxygens (including phenoxy) is 1. The fraction of sp³-hybridized carbons (Fsp3) is 0.238. The van der Waals surface area contributed by atoms with Crippen LogP contribution in [0.5, 0.6) is 11.6 Å². The van der Waals surface area contributed by atoms with Gasteiger partial charge in [0.25, 0.3) is 5.89 Å². The highest BCUT2D eigenvalue weighted by molar-refractivity contribution is 5.57. The number of benzene rings is 1. The van der Waals surface area contributed by atoms with Crippen LogP contribution in [0.25, 0.3) is 23.0 Å². The van der Waals surface area contributed by atoms with Gasteiger partial charge in [0.1, 0.15) is 5.75 Å². The van der Waals surface area contributed by atoms with Gasteiger partial charge < -0.3 is 14.6 Å². The summed E-state index contributed by atoms with van der Waals surface area (Å²) < 4.78 is 13.1. The average Bonchev–Trinajstić information content (AvgIpc) is 3.46. The number of para-hydroxylation sites is 1. The Morgan fingerprint density at radius 3 is 2.83 bits per heavy atom. The normalized spacial score (nSPS) is 16.6. The molecule has 1 saturated heterocycles. The summed E-state index contributed by atoms with van der Waals surface area (Å²) in [6.45, 7) is 2.00. The topological polar surface area (TPSA) is 90.9 Å². The Bertz CT molecular complexity index is 1070. The second-order valence-electron chi connectivity index (χ2n) is 6.90. The molecule has 8 heteroatoms. The molecule has 0 radical (unpaired) electrons. The van der Waals surface area contributed by atoms with Crippen LogP contribution in [0.15, 0.2) is 65.4 Å². The predicted octanol–water partition coefficient (Wildman–Crippen LogP) is 3.71. The van der Waals surface area contributed by atoms with Crippen LogP contribution in [0.4, 0.5) is 0 Å². The molecule has 4 aromatic rings. The Hall–Kier alpha value is -3.52. The van der Waals surface area contributed by atoms with E-state index in [0.717, 1.165) is 37.2 Å². The zero-order chi connectivity index (χ0) is 19.5. The third-order valence-electron chi connectivity index (χ3n) is 4.86. The molecular formula is C21H20N6O2. The highest BCUT2D eigenvalue weighted by atomic mass is 16.5. The molecule has 146 valence electrons. The minimum absolute atomic E-state index is 0.362. The standard InChI is InChI=1S/C21H20N6O2/c1-2-6-17(7-3-1)28-19-9-8-15(13-23-19)20-24-21(29-26-20)18-10-12-27(25-18)16-5-4-11-22-14-16/h1-3,6-10,12-13,16,22H,4-5,11,14H2. The Balaban J connectivity index is 1.30. The summed E-state index contributed by atoms with van der Waals surface area (Å²) in [6.07, 6.45) is 5.90. The first kappa shape index (κ1) is 17.6. The van der Waals surface area contributed by atoms with Crippen molar-refractivity contribution in [2.24, 2.45) is 0 Å². The van der Waals surface area contributed by atoms with Crippen LogP contribution in [-0.4, -0.2) is 38.0 Å². The number of hydrogen-bond acceptors (Lipinski definition) is 7. The number of nitrogens with one attached hydrogen (secondary N) is 1. The number of hydrogen-bond donors (Lipinski definition) is 1. The third-order valence-corrected chi connectivity index (χ3v) is 4.86. The highest BCUT2D eigenvalue weighted by Gasteiger charge is 2.18. The van der Waals surface area contributed by atoms with Gasteiger partial charge in [-0.25, -0.2) is 4.98 Å². The summed E-state index contributed by atoms with van der Waals surface area (Å²) in [5, 5.41) is 12.1. The van der Waals surface area contributed by atoms with Gasteiger partial charge in [-0.05, 0) is 43.7 Å². The molecule has 1 fully saturated rings. The van der Waals surface area contributed by atoms with Crippen molar-refractivity contribution < 1.29 is 9.26 Å². The van der Waals surface area contributed by atoms with Crippen molar-refractivity contribution in [1.29, 1.82) is 0 Å². The number of pyridine rings is 1. The Labute approximate surface area is 167 Å². The number of rotatable bonds is 5. The average molecular weight is 388 g/mol. The lowest BCUT2D eigenvalue weighted by molar-refractivity contribution is 0.346. The molecule has 1 aromatic carbocycles. The van der Waals surface area contributed by atoms with E-state index in [9.17, 15) is 0 Å². The van der Waals surface area contributed by atoms with Crippen molar-refractivity contribution >= 4 is 0 Å². The number of piperidine rings is 1. The molecular weight excluding hydrogens is 368 g/mol. The van der Waals surface area contributed by atoms with Gasteiger partial charge in [-0.1, -0.05) is 23.4 Å². The molecule has 0 amide bonds. The minimum Gasteiger partial charge on any atom is -0.439 e. The van der Waals surface area contributed by atoms with Crippen LogP contribution in [0.3, 0.4) is 0 Å². The summed E-state index contributed by atoms with van der Waals surface area (Å²) in [5.74, 6) is 2.10. The fourth-order valence-electron chi connectivity index (χ4n) is 3.34. The van der Waals surface area contributed by atoms with Crippen LogP contribution in [0.2, 0.25) is 0 Å². The molecule has 5 rings (SSSR count). The molecule has 0 saturated carbocycles. The lowest BCUT2D eigenvalue weighted by Gasteiger charge is -2.22. The van der Waals surface area contributed by atoms with E-state index in [4.69, 9.17) is 9.26 Å². The van der Waals surface area contributed by atoms with Crippen LogP contribution in [-0.2, 0) is 0 Å². The maximum absolute atomic E-state index is 5.71. The van der Waals surface area contributed by atoms with Gasteiger partial charge in [-0.15, -0.1) is 0 Å². The maximum Gasteiger partial charge on any atom is 0.278 e. The molecule has 0 spiro atoms. The van der Waals surface area contributed by atoms with Crippen LogP contribution < -0.4 is 10.1 Å². The molecule has 1 atom stereocenters. The van der Waals surface area contributed by atoms with Crippen molar-refractivity contribution in [3.8, 4) is 34.6 Å². The van der Waals surface area contributed by atoms with Gasteiger partial charge in [0.05, 0.1) is 6.04 Å². The van der Waals surface area contributed by atoms with Gasteiger partial charge in [0, 0.05) is 30.6 Å². The van der Waals surface area contributed by atoms with Crippen molar-refractivity contribution in [3.63, 3.8) is 0 Å². The molecule has 0 bridgehead atoms. The monoisotopic (exact) mass is 388 g/mol. The first-order valence-electron chi connectivity index (χ1n) is 9.64. The lowest BCUT2D eigenvalue weighted by Crippen LogP contribution is -2.31. The van der Waals surface area contributed by atoms with Crippen LogP contribution in [0, 0.1) is 0 Å². The molecule has 1 N–H and O–H groups in total. The number of aromatic nitrogens is 5. The molecule has 1 aliphatic heterocycles. The molecule has 1 unspecified atom stereocenters. The first-order chi connectivity index (χ1) is 14.3. The van der Waals surface area contributed by atoms with Gasteiger partial charge in [-0.2, -0.15) is 10.1 Å². The third kappa shape index (κ3) is 3.88. The Morgan fingerprint density at radius 1 is 1.10 bits per heavy atom. The predicted molar refractivity (Wildman–Crippen MR) is 106 cm³/mol. The number of nitrogens with zero attached hydrogens (tertiary/aromatic N) is 5. The van der Waals surface area contributed by atoms with Crippen LogP contribution >= 0.6 is 0 Å². The van der Waals surface area contributed by atoms with E-state index in [0.29, 0.717) is 29.3 Å². The van der Waals surface area contributed by atoms with Crippen molar-refractivity contribution in [1.82, 2.24) is 30.2 Å². The molecule has 0 aliphatic carbocycles. The quantitative estimate of drug-likeness (QED) is 0.557. The minimum atomic E-state index is 0.362. The molecule has 8 nitrogen and oxygen atoms in total. The molecule has 3 aromatic heterocycles. The van der Waals surface area contributed by atoms with E-state index < -0.39 is 0 Å². The smallest absolute Gasteiger partial charge is 0.278 e. The van der Waals surface area contributed by atoms with E-state index in [1.165, 1.54) is 0 Å². The summed E-state index contributed by atoms with van der Waals surface area (Å²) >= 11 is 0. The van der Waals surface area contributed by atoms with Crippen molar-refractivity contribution in [2.75, 3.05) is 13.1 Å². The second kappa shape index (κ2) is 7.84. The summed E-state index contributed by atoms with van der Waals surface area (Å²) in [4.78, 5) is 8.80. The van der Waals surface area contributed by atoms with Gasteiger partial charge in [0.2, 0.25) is 11.7 Å². The fourth-order valence-corrected chi connectivity index (χ4v) is 3.34. The van der Waals surface area contributed by atoms with E-state index in [-0.39, 0.29) is 0 Å². The van der Waals surface area contributed by atoms with E-state index in [1.54, 1.807) is 12.3 Å². The molecule has 1 aliphatic rings. The SMILES string of the molecule is c1ccc(Oc2ccc(-c3noc(-c4ccn(C5CCCNC5)n4)n3)cn2)cc1. The van der Waals surface area contributed by atoms with E-state index in [2.05, 4.69) is 25.5 Å². The lowest BCUT2D eigenvalue weighted by atomic mass is 10.1. The van der Waals surface area contributed by atoms with E-state index in [1.807, 2.05) is 53.3 Å². The van der Waals surface area contributed by atoms with Crippen LogP contribution in [0.1, 0.15) is 18.9 Å². The van der Waals surface area contributed by atoms with Gasteiger partial charge in [-0.3, -0.25) is 4.68 Å². The van der Waals surface area contributed by atoms with Crippen molar-refractivity contribution in [3.05, 3.63) is 60.9 Å². The molecule has 29 heavy (non-hydrogen) atoms. The highest BCUT2D eigenvalue weighted by Crippen LogP contribution is 2.25. The zero-order valence-electron chi connectivity index (χ0n) is 15.7. The summed E-state index contributed by atoms with van der Waals surface area (Å²) in [5.41, 5.74) is 1.42. The summed E-state index contributed by atoms with van der Waals surface area (Å²) in [7, 11) is 0. The van der Waals surface area contributed by atoms with Gasteiger partial charge >= 0.3 is 0 Å². The first-order valence-corrected chi connectivity index (χ1v) is 9.64. The summed E-state index contributed by atoms with van der Waals surface area (Å²) in [6, 6.07) is 15.4. The Kier molecular flexibility index (Phi) is 4.75. The van der Waals surface area contributed by atoms with E-state index >= 15 is 0 Å². The Morgan fingerprint density at radius 2 is 2.03 bits per heavy atom. The second-order valence-corrected chi connectivity index (χ2v) is 6.90. The zero-order valence-corrected chi connectivity index (χ0v) is 15.7. The van der Waals surface area contributed by atoms with Crippen molar-refractivity contribution in [2.45, 2.75) is 18.9 Å².